The van der Waals surface area contributed by atoms with Crippen molar-refractivity contribution in [2.24, 2.45) is 5.84 Å². The Labute approximate surface area is 114 Å². The van der Waals surface area contributed by atoms with E-state index in [4.69, 9.17) is 15.0 Å². The maximum absolute atomic E-state index is 11.9. The number of hydrazine groups is 1. The molecule has 0 aliphatic carbocycles. The highest BCUT2D eigenvalue weighted by molar-refractivity contribution is 5.90. The molecule has 2 aromatic rings. The topological polar surface area (TPSA) is 112 Å². The van der Waals surface area contributed by atoms with Gasteiger partial charge >= 0.3 is 5.91 Å². The number of nitrogens with two attached hydrogens (primary N) is 1. The van der Waals surface area contributed by atoms with Crippen LogP contribution in [-0.2, 0) is 6.54 Å². The van der Waals surface area contributed by atoms with Crippen LogP contribution in [0.1, 0.15) is 22.0 Å². The first-order valence-electron chi connectivity index (χ1n) is 5.77. The van der Waals surface area contributed by atoms with E-state index in [1.165, 1.54) is 23.8 Å². The van der Waals surface area contributed by atoms with Crippen LogP contribution in [0, 0.1) is 6.92 Å². The van der Waals surface area contributed by atoms with Crippen molar-refractivity contribution < 1.29 is 13.9 Å². The van der Waals surface area contributed by atoms with Gasteiger partial charge in [-0.2, -0.15) is 0 Å². The molecule has 0 radical (unpaired) electrons. The molecule has 2 aromatic heterocycles. The largest absolute Gasteiger partial charge is 0.468 e. The molecule has 8 heteroatoms. The van der Waals surface area contributed by atoms with E-state index < -0.39 is 5.91 Å². The van der Waals surface area contributed by atoms with E-state index in [1.54, 1.807) is 13.0 Å². The number of furan rings is 1. The molecule has 0 spiro atoms. The van der Waals surface area contributed by atoms with Crippen LogP contribution < -0.4 is 21.6 Å². The molecule has 1 amide bonds. The molecule has 0 unspecified atom stereocenters. The second kappa shape index (κ2) is 5.57. The van der Waals surface area contributed by atoms with Gasteiger partial charge in [-0.15, -0.1) is 0 Å². The third-order valence-electron chi connectivity index (χ3n) is 2.61. The first-order chi connectivity index (χ1) is 9.55. The summed E-state index contributed by atoms with van der Waals surface area (Å²) in [6.45, 7) is 1.80. The standard InChI is InChI=1S/C12H14N4O4/c1-7-5-10(17)16(12(14-7)19-2)6-8-3-4-9(20-8)11(18)15-13/h3-5H,6,13H2,1-2H3,(H,15,18). The molecule has 8 nitrogen and oxygen atoms in total. The summed E-state index contributed by atoms with van der Waals surface area (Å²) in [5, 5.41) is 0. The van der Waals surface area contributed by atoms with Crippen LogP contribution >= 0.6 is 0 Å². The Kier molecular flexibility index (Phi) is 3.85. The van der Waals surface area contributed by atoms with Gasteiger partial charge in [0, 0.05) is 11.8 Å². The number of nitrogens with one attached hydrogen (secondary N) is 1. The van der Waals surface area contributed by atoms with Crippen LogP contribution in [0.15, 0.2) is 27.4 Å². The Hall–Kier alpha value is -2.61. The Morgan fingerprint density at radius 1 is 1.55 bits per heavy atom. The van der Waals surface area contributed by atoms with Gasteiger partial charge < -0.3 is 9.15 Å². The van der Waals surface area contributed by atoms with Gasteiger partial charge in [0.05, 0.1) is 13.7 Å². The number of hydrogen-bond donors (Lipinski definition) is 2. The Morgan fingerprint density at radius 3 is 2.95 bits per heavy atom. The molecule has 0 bridgehead atoms. The van der Waals surface area contributed by atoms with Gasteiger partial charge in [0.15, 0.2) is 5.76 Å². The number of hydrogen-bond acceptors (Lipinski definition) is 6. The second-order valence-electron chi connectivity index (χ2n) is 4.05. The first kappa shape index (κ1) is 13.8. The Bertz CT molecular complexity index is 689. The average molecular weight is 278 g/mol. The Morgan fingerprint density at radius 2 is 2.30 bits per heavy atom. The van der Waals surface area contributed by atoms with E-state index in [0.29, 0.717) is 11.5 Å². The predicted molar refractivity (Wildman–Crippen MR) is 69.2 cm³/mol. The van der Waals surface area contributed by atoms with E-state index in [9.17, 15) is 9.59 Å². The van der Waals surface area contributed by atoms with Crippen LogP contribution in [0.4, 0.5) is 0 Å². The fourth-order valence-electron chi connectivity index (χ4n) is 1.71. The van der Waals surface area contributed by atoms with Crippen LogP contribution in [0.2, 0.25) is 0 Å². The van der Waals surface area contributed by atoms with Crippen molar-refractivity contribution in [1.29, 1.82) is 0 Å². The number of carbonyl (C=O) groups is 1. The normalized spacial score (nSPS) is 10.3. The molecule has 0 aromatic carbocycles. The fourth-order valence-corrected chi connectivity index (χ4v) is 1.71. The third kappa shape index (κ3) is 2.69. The minimum Gasteiger partial charge on any atom is -0.468 e. The number of nitrogen functional groups attached to an aromatic ring is 1. The van der Waals surface area contributed by atoms with Crippen molar-refractivity contribution in [2.45, 2.75) is 13.5 Å². The molecule has 0 aliphatic heterocycles. The quantitative estimate of drug-likeness (QED) is 0.455. The number of amides is 1. The lowest BCUT2D eigenvalue weighted by molar-refractivity contribution is 0.0924. The number of aromatic nitrogens is 2. The summed E-state index contributed by atoms with van der Waals surface area (Å²) >= 11 is 0. The predicted octanol–water partition coefficient (Wildman–Crippen LogP) is -0.195. The lowest BCUT2D eigenvalue weighted by Crippen LogP contribution is -2.29. The van der Waals surface area contributed by atoms with E-state index >= 15 is 0 Å². The number of methoxy groups -OCH3 is 1. The monoisotopic (exact) mass is 278 g/mol. The van der Waals surface area contributed by atoms with Gasteiger partial charge in [-0.25, -0.2) is 10.8 Å². The van der Waals surface area contributed by atoms with Gasteiger partial charge in [-0.1, -0.05) is 0 Å². The van der Waals surface area contributed by atoms with E-state index in [-0.39, 0.29) is 23.9 Å². The maximum Gasteiger partial charge on any atom is 0.300 e. The van der Waals surface area contributed by atoms with Crippen LogP contribution in [0.3, 0.4) is 0 Å². The molecule has 0 saturated carbocycles. The molecule has 20 heavy (non-hydrogen) atoms. The summed E-state index contributed by atoms with van der Waals surface area (Å²) in [7, 11) is 1.42. The number of aryl methyl sites for hydroxylation is 1. The second-order valence-corrected chi connectivity index (χ2v) is 4.05. The first-order valence-corrected chi connectivity index (χ1v) is 5.77. The summed E-state index contributed by atoms with van der Waals surface area (Å²) in [5.41, 5.74) is 2.25. The minimum atomic E-state index is -0.544. The van der Waals surface area contributed by atoms with Gasteiger partial charge in [-0.3, -0.25) is 19.6 Å². The van der Waals surface area contributed by atoms with Gasteiger partial charge in [0.1, 0.15) is 5.76 Å². The van der Waals surface area contributed by atoms with E-state index in [1.807, 2.05) is 5.43 Å². The van der Waals surface area contributed by atoms with Gasteiger partial charge in [0.25, 0.3) is 11.6 Å². The molecule has 106 valence electrons. The minimum absolute atomic E-state index is 0.0644. The highest BCUT2D eigenvalue weighted by Gasteiger charge is 2.13. The summed E-state index contributed by atoms with van der Waals surface area (Å²) < 4.78 is 11.7. The highest BCUT2D eigenvalue weighted by atomic mass is 16.5. The van der Waals surface area contributed by atoms with E-state index in [0.717, 1.165) is 0 Å². The number of carbonyl (C=O) groups excluding carboxylic acids is 1. The average Bonchev–Trinajstić information content (AvgIpc) is 2.89. The van der Waals surface area contributed by atoms with Crippen molar-refractivity contribution in [1.82, 2.24) is 15.0 Å². The molecule has 3 N–H and O–H groups in total. The zero-order valence-corrected chi connectivity index (χ0v) is 11.0. The number of ether oxygens (including phenoxy) is 1. The zero-order valence-electron chi connectivity index (χ0n) is 11.0. The smallest absolute Gasteiger partial charge is 0.300 e. The van der Waals surface area contributed by atoms with Crippen LogP contribution in [0.5, 0.6) is 6.01 Å². The third-order valence-corrected chi connectivity index (χ3v) is 2.61. The van der Waals surface area contributed by atoms with Crippen molar-refractivity contribution in [2.75, 3.05) is 7.11 Å². The van der Waals surface area contributed by atoms with Crippen molar-refractivity contribution in [3.8, 4) is 6.01 Å². The van der Waals surface area contributed by atoms with Gasteiger partial charge in [-0.05, 0) is 19.1 Å². The van der Waals surface area contributed by atoms with Crippen LogP contribution in [-0.4, -0.2) is 22.6 Å². The molecular formula is C12H14N4O4. The summed E-state index contributed by atoms with van der Waals surface area (Å²) in [5.74, 6) is 4.94. The zero-order chi connectivity index (χ0) is 14.7. The molecule has 0 atom stereocenters. The molecule has 0 fully saturated rings. The molecular weight excluding hydrogens is 264 g/mol. The Balaban J connectivity index is 2.33. The lowest BCUT2D eigenvalue weighted by atomic mass is 10.4. The number of nitrogens with zero attached hydrogens (tertiary/aromatic N) is 2. The molecule has 0 aliphatic rings. The maximum atomic E-state index is 11.9. The lowest BCUT2D eigenvalue weighted by Gasteiger charge is -2.09. The van der Waals surface area contributed by atoms with Crippen molar-refractivity contribution >= 4 is 5.91 Å². The summed E-state index contributed by atoms with van der Waals surface area (Å²) in [4.78, 5) is 27.3. The fraction of sp³-hybridized carbons (Fsp3) is 0.250. The molecule has 2 heterocycles. The molecule has 0 saturated heterocycles. The van der Waals surface area contributed by atoms with Crippen LogP contribution in [0.25, 0.3) is 0 Å². The van der Waals surface area contributed by atoms with Crippen molar-refractivity contribution in [3.05, 3.63) is 45.8 Å². The molecule has 2 rings (SSSR count). The summed E-state index contributed by atoms with van der Waals surface area (Å²) in [6.07, 6.45) is 0. The number of rotatable bonds is 4. The van der Waals surface area contributed by atoms with Crippen molar-refractivity contribution in [3.63, 3.8) is 0 Å². The summed E-state index contributed by atoms with van der Waals surface area (Å²) in [6, 6.07) is 4.61. The SMILES string of the molecule is COc1nc(C)cc(=O)n1Cc1ccc(C(=O)NN)o1. The highest BCUT2D eigenvalue weighted by Crippen LogP contribution is 2.12. The van der Waals surface area contributed by atoms with Gasteiger partial charge in [0.2, 0.25) is 0 Å². The van der Waals surface area contributed by atoms with E-state index in [2.05, 4.69) is 4.98 Å².